The quantitative estimate of drug-likeness (QED) is 0.422. The number of aliphatic hydroxyl groups is 1. The van der Waals surface area contributed by atoms with Crippen molar-refractivity contribution in [3.05, 3.63) is 70.5 Å². The van der Waals surface area contributed by atoms with Gasteiger partial charge in [0, 0.05) is 11.6 Å². The van der Waals surface area contributed by atoms with Crippen LogP contribution >= 0.6 is 0 Å². The molecule has 2 aromatic rings. The van der Waals surface area contributed by atoms with Crippen molar-refractivity contribution in [1.29, 1.82) is 0 Å². The maximum Gasteiger partial charge on any atom is 0.295 e. The van der Waals surface area contributed by atoms with Crippen LogP contribution in [0.3, 0.4) is 0 Å². The number of amides is 1. The number of carbonyl (C=O) groups excluding carboxylic acids is 2. The first-order valence-electron chi connectivity index (χ1n) is 10.7. The van der Waals surface area contributed by atoms with Gasteiger partial charge in [0.1, 0.15) is 17.3 Å². The van der Waals surface area contributed by atoms with Gasteiger partial charge in [-0.1, -0.05) is 25.0 Å². The van der Waals surface area contributed by atoms with E-state index in [1.54, 1.807) is 24.0 Å². The van der Waals surface area contributed by atoms with E-state index in [1.165, 1.54) is 18.2 Å². The Kier molecular flexibility index (Phi) is 5.81. The second-order valence-corrected chi connectivity index (χ2v) is 8.11. The van der Waals surface area contributed by atoms with E-state index in [1.807, 2.05) is 19.1 Å². The van der Waals surface area contributed by atoms with Crippen molar-refractivity contribution in [3.63, 3.8) is 0 Å². The minimum Gasteiger partial charge on any atom is -0.507 e. The van der Waals surface area contributed by atoms with E-state index in [0.717, 1.165) is 31.2 Å². The third-order valence-corrected chi connectivity index (χ3v) is 6.14. The lowest BCUT2D eigenvalue weighted by atomic mass is 9.94. The average molecular weight is 423 g/mol. The molecule has 2 aliphatic rings. The molecule has 0 aromatic heterocycles. The molecule has 31 heavy (non-hydrogen) atoms. The first-order valence-corrected chi connectivity index (χ1v) is 10.7. The Balaban J connectivity index is 1.85. The first-order chi connectivity index (χ1) is 14.9. The molecule has 5 nitrogen and oxygen atoms in total. The fourth-order valence-corrected chi connectivity index (χ4v) is 4.60. The molecule has 1 aliphatic carbocycles. The predicted molar refractivity (Wildman–Crippen MR) is 115 cm³/mol. The number of benzene rings is 2. The normalized spacial score (nSPS) is 21.1. The van der Waals surface area contributed by atoms with Gasteiger partial charge in [-0.3, -0.25) is 9.59 Å². The number of ether oxygens (including phenoxy) is 1. The number of hydrogen-bond donors (Lipinski definition) is 1. The van der Waals surface area contributed by atoms with Gasteiger partial charge >= 0.3 is 0 Å². The summed E-state index contributed by atoms with van der Waals surface area (Å²) in [6.45, 7) is 4.02. The van der Waals surface area contributed by atoms with Gasteiger partial charge in [-0.05, 0) is 68.1 Å². The van der Waals surface area contributed by atoms with Gasteiger partial charge in [0.2, 0.25) is 0 Å². The highest BCUT2D eigenvalue weighted by atomic mass is 19.1. The zero-order valence-electron chi connectivity index (χ0n) is 17.7. The molecule has 1 unspecified atom stereocenters. The van der Waals surface area contributed by atoms with Crippen molar-refractivity contribution in [2.24, 2.45) is 0 Å². The van der Waals surface area contributed by atoms with Crippen LogP contribution in [0.4, 0.5) is 4.39 Å². The highest BCUT2D eigenvalue weighted by Crippen LogP contribution is 2.43. The standard InChI is InChI=1S/C25H26FNO4/c1-3-31-19-11-8-16(9-12-19)22-21(23(28)17-10-13-20(26)15(2)14-17)24(29)25(30)27(22)18-6-4-5-7-18/h8-14,18,22,28H,3-7H2,1-2H3/b23-21-. The van der Waals surface area contributed by atoms with E-state index in [9.17, 15) is 19.1 Å². The largest absolute Gasteiger partial charge is 0.507 e. The van der Waals surface area contributed by atoms with Gasteiger partial charge in [-0.15, -0.1) is 0 Å². The Hall–Kier alpha value is -3.15. The topological polar surface area (TPSA) is 66.8 Å². The molecular weight excluding hydrogens is 397 g/mol. The van der Waals surface area contributed by atoms with Crippen LogP contribution in [0.1, 0.15) is 55.3 Å². The van der Waals surface area contributed by atoms with Crippen molar-refractivity contribution in [2.45, 2.75) is 51.6 Å². The minimum absolute atomic E-state index is 0.0479. The summed E-state index contributed by atoms with van der Waals surface area (Å²) in [5.74, 6) is -1.28. The van der Waals surface area contributed by atoms with E-state index < -0.39 is 23.5 Å². The van der Waals surface area contributed by atoms with Gasteiger partial charge in [0.05, 0.1) is 18.2 Å². The molecule has 1 saturated heterocycles. The molecule has 0 bridgehead atoms. The third kappa shape index (κ3) is 3.82. The number of hydrogen-bond acceptors (Lipinski definition) is 4. The van der Waals surface area contributed by atoms with Crippen molar-refractivity contribution < 1.29 is 23.8 Å². The molecule has 1 atom stereocenters. The van der Waals surface area contributed by atoms with Gasteiger partial charge in [0.15, 0.2) is 0 Å². The maximum atomic E-state index is 13.7. The molecule has 1 heterocycles. The smallest absolute Gasteiger partial charge is 0.295 e. The molecule has 1 aliphatic heterocycles. The van der Waals surface area contributed by atoms with Gasteiger partial charge in [-0.25, -0.2) is 4.39 Å². The second kappa shape index (κ2) is 8.53. The molecular formula is C25H26FNO4. The predicted octanol–water partition coefficient (Wildman–Crippen LogP) is 4.90. The van der Waals surface area contributed by atoms with Crippen molar-refractivity contribution >= 4 is 17.4 Å². The number of halogens is 1. The third-order valence-electron chi connectivity index (χ3n) is 6.14. The van der Waals surface area contributed by atoms with E-state index in [4.69, 9.17) is 4.74 Å². The lowest BCUT2D eigenvalue weighted by Gasteiger charge is -2.30. The summed E-state index contributed by atoms with van der Waals surface area (Å²) in [5.41, 5.74) is 1.45. The molecule has 0 spiro atoms. The molecule has 4 rings (SSSR count). The highest BCUT2D eigenvalue weighted by Gasteiger charge is 2.49. The number of likely N-dealkylation sites (tertiary alicyclic amines) is 1. The maximum absolute atomic E-state index is 13.7. The number of nitrogens with zero attached hydrogens (tertiary/aromatic N) is 1. The zero-order chi connectivity index (χ0) is 22.1. The summed E-state index contributed by atoms with van der Waals surface area (Å²) in [4.78, 5) is 27.8. The molecule has 1 saturated carbocycles. The average Bonchev–Trinajstić information content (AvgIpc) is 3.37. The summed E-state index contributed by atoms with van der Waals surface area (Å²) in [6.07, 6.45) is 3.66. The number of aliphatic hydroxyl groups excluding tert-OH is 1. The van der Waals surface area contributed by atoms with Crippen LogP contribution in [-0.2, 0) is 9.59 Å². The second-order valence-electron chi connectivity index (χ2n) is 8.11. The molecule has 1 amide bonds. The Morgan fingerprint density at radius 3 is 2.42 bits per heavy atom. The SMILES string of the molecule is CCOc1ccc(C2/C(=C(/O)c3ccc(F)c(C)c3)C(=O)C(=O)N2C2CCCC2)cc1. The monoisotopic (exact) mass is 423 g/mol. The minimum atomic E-state index is -0.703. The number of aryl methyl sites for hydroxylation is 1. The molecule has 0 radical (unpaired) electrons. The molecule has 6 heteroatoms. The fraction of sp³-hybridized carbons (Fsp3) is 0.360. The summed E-state index contributed by atoms with van der Waals surface area (Å²) in [6, 6.07) is 10.7. The Morgan fingerprint density at radius 1 is 1.13 bits per heavy atom. The van der Waals surface area contributed by atoms with Crippen molar-refractivity contribution in [3.8, 4) is 5.75 Å². The number of Topliss-reactive ketones (excluding diaryl/α,β-unsaturated/α-hetero) is 1. The van der Waals surface area contributed by atoms with E-state index in [0.29, 0.717) is 23.5 Å². The number of carbonyl (C=O) groups is 2. The zero-order valence-corrected chi connectivity index (χ0v) is 17.7. The Bertz CT molecular complexity index is 1040. The summed E-state index contributed by atoms with van der Waals surface area (Å²) >= 11 is 0. The van der Waals surface area contributed by atoms with E-state index in [2.05, 4.69) is 0 Å². The first kappa shape index (κ1) is 21.1. The summed E-state index contributed by atoms with van der Waals surface area (Å²) in [7, 11) is 0. The van der Waals surface area contributed by atoms with Crippen LogP contribution in [0.15, 0.2) is 48.0 Å². The highest BCUT2D eigenvalue weighted by molar-refractivity contribution is 6.46. The summed E-state index contributed by atoms with van der Waals surface area (Å²) in [5, 5.41) is 11.1. The van der Waals surface area contributed by atoms with Crippen LogP contribution in [0.5, 0.6) is 5.75 Å². The molecule has 1 N–H and O–H groups in total. The Morgan fingerprint density at radius 2 is 1.81 bits per heavy atom. The van der Waals surface area contributed by atoms with Crippen LogP contribution < -0.4 is 4.74 Å². The van der Waals surface area contributed by atoms with Gasteiger partial charge in [0.25, 0.3) is 11.7 Å². The molecule has 2 aromatic carbocycles. The van der Waals surface area contributed by atoms with Crippen molar-refractivity contribution in [1.82, 2.24) is 4.90 Å². The number of ketones is 1. The lowest BCUT2D eigenvalue weighted by molar-refractivity contribution is -0.141. The fourth-order valence-electron chi connectivity index (χ4n) is 4.60. The van der Waals surface area contributed by atoms with E-state index in [-0.39, 0.29) is 17.4 Å². The van der Waals surface area contributed by atoms with Crippen molar-refractivity contribution in [2.75, 3.05) is 6.61 Å². The molecule has 2 fully saturated rings. The Labute approximate surface area is 181 Å². The molecule has 162 valence electrons. The van der Waals surface area contributed by atoms with Gasteiger partial charge in [-0.2, -0.15) is 0 Å². The van der Waals surface area contributed by atoms with Crippen LogP contribution in [0, 0.1) is 12.7 Å². The lowest BCUT2D eigenvalue weighted by Crippen LogP contribution is -2.37. The summed E-state index contributed by atoms with van der Waals surface area (Å²) < 4.78 is 19.3. The van der Waals surface area contributed by atoms with Crippen LogP contribution in [0.25, 0.3) is 5.76 Å². The van der Waals surface area contributed by atoms with Gasteiger partial charge < -0.3 is 14.7 Å². The van der Waals surface area contributed by atoms with Crippen LogP contribution in [-0.4, -0.2) is 34.3 Å². The van der Waals surface area contributed by atoms with Crippen LogP contribution in [0.2, 0.25) is 0 Å². The van der Waals surface area contributed by atoms with E-state index >= 15 is 0 Å². The number of rotatable bonds is 5.